The molecule has 7 heteroatoms. The molecule has 1 aromatic carbocycles. The van der Waals surface area contributed by atoms with Gasteiger partial charge in [0.05, 0.1) is 12.7 Å². The third-order valence-electron chi connectivity index (χ3n) is 2.63. The first-order valence-electron chi connectivity index (χ1n) is 5.26. The van der Waals surface area contributed by atoms with Crippen molar-refractivity contribution in [3.63, 3.8) is 0 Å². The second-order valence-corrected chi connectivity index (χ2v) is 4.18. The summed E-state index contributed by atoms with van der Waals surface area (Å²) in [6, 6.07) is 7.46. The largest absolute Gasteiger partial charge is 0.278 e. The number of fused-ring (bicyclic) bond motifs is 1. The monoisotopic (exact) mass is 261 g/mol. The summed E-state index contributed by atoms with van der Waals surface area (Å²) in [4.78, 5) is 11.5. The van der Waals surface area contributed by atoms with Gasteiger partial charge in [0.25, 0.3) is 5.56 Å². The summed E-state index contributed by atoms with van der Waals surface area (Å²) >= 11 is 6.08. The van der Waals surface area contributed by atoms with Crippen LogP contribution in [0.1, 0.15) is 5.56 Å². The predicted octanol–water partition coefficient (Wildman–Crippen LogP) is 1.22. The summed E-state index contributed by atoms with van der Waals surface area (Å²) in [7, 11) is 0. The fourth-order valence-corrected chi connectivity index (χ4v) is 1.92. The molecule has 18 heavy (non-hydrogen) atoms. The van der Waals surface area contributed by atoms with Gasteiger partial charge in [0, 0.05) is 5.02 Å². The Morgan fingerprint density at radius 1 is 1.33 bits per heavy atom. The van der Waals surface area contributed by atoms with E-state index in [0.717, 1.165) is 5.56 Å². The highest BCUT2D eigenvalue weighted by Crippen LogP contribution is 2.17. The maximum atomic E-state index is 11.5. The molecular formula is C11H8ClN5O. The molecule has 0 spiro atoms. The number of hydrogen-bond donors (Lipinski definition) is 1. The van der Waals surface area contributed by atoms with Gasteiger partial charge in [0.15, 0.2) is 5.65 Å². The minimum absolute atomic E-state index is 0.301. The molecule has 0 amide bonds. The Labute approximate surface area is 106 Å². The molecule has 6 nitrogen and oxygen atoms in total. The van der Waals surface area contributed by atoms with Crippen LogP contribution in [0.4, 0.5) is 0 Å². The minimum atomic E-state index is -0.301. The van der Waals surface area contributed by atoms with Crippen LogP contribution in [0.25, 0.3) is 11.0 Å². The molecule has 0 fully saturated rings. The second kappa shape index (κ2) is 4.23. The van der Waals surface area contributed by atoms with Crippen molar-refractivity contribution in [2.24, 2.45) is 0 Å². The molecule has 2 aromatic heterocycles. The highest BCUT2D eigenvalue weighted by Gasteiger charge is 2.09. The molecule has 0 atom stereocenters. The van der Waals surface area contributed by atoms with Crippen LogP contribution < -0.4 is 5.56 Å². The zero-order valence-corrected chi connectivity index (χ0v) is 9.92. The Bertz CT molecular complexity index is 763. The van der Waals surface area contributed by atoms with Gasteiger partial charge in [-0.05, 0) is 11.6 Å². The standard InChI is InChI=1S/C11H8ClN5O/c12-9-4-2-1-3-7(9)6-17-10-8(5-13-17)11(18)15-16-14-10/h1-5H,6H2,(H,14,15,18). The number of rotatable bonds is 2. The fourth-order valence-electron chi connectivity index (χ4n) is 1.73. The highest BCUT2D eigenvalue weighted by molar-refractivity contribution is 6.31. The molecule has 0 radical (unpaired) electrons. The molecule has 0 bridgehead atoms. The number of benzene rings is 1. The van der Waals surface area contributed by atoms with Crippen molar-refractivity contribution in [2.75, 3.05) is 0 Å². The molecule has 2 heterocycles. The van der Waals surface area contributed by atoms with Crippen LogP contribution in [0.5, 0.6) is 0 Å². The van der Waals surface area contributed by atoms with Crippen LogP contribution in [-0.2, 0) is 6.54 Å². The van der Waals surface area contributed by atoms with E-state index < -0.39 is 0 Å². The van der Waals surface area contributed by atoms with Gasteiger partial charge in [-0.1, -0.05) is 35.0 Å². The zero-order chi connectivity index (χ0) is 12.5. The van der Waals surface area contributed by atoms with Crippen molar-refractivity contribution < 1.29 is 0 Å². The van der Waals surface area contributed by atoms with E-state index in [9.17, 15) is 4.79 Å². The number of halogens is 1. The van der Waals surface area contributed by atoms with Gasteiger partial charge < -0.3 is 0 Å². The first-order chi connectivity index (χ1) is 8.75. The molecule has 0 saturated carbocycles. The SMILES string of the molecule is O=c1[nH]nnc2c1cnn2Cc1ccccc1Cl. The van der Waals surface area contributed by atoms with Crippen LogP contribution in [0.2, 0.25) is 5.02 Å². The smallest absolute Gasteiger partial charge is 0.267 e. The van der Waals surface area contributed by atoms with Crippen LogP contribution in [0.15, 0.2) is 35.3 Å². The van der Waals surface area contributed by atoms with E-state index >= 15 is 0 Å². The van der Waals surface area contributed by atoms with Crippen LogP contribution >= 0.6 is 11.6 Å². The van der Waals surface area contributed by atoms with Gasteiger partial charge >= 0.3 is 0 Å². The second-order valence-electron chi connectivity index (χ2n) is 3.77. The van der Waals surface area contributed by atoms with E-state index in [1.54, 1.807) is 10.7 Å². The van der Waals surface area contributed by atoms with Crippen molar-refractivity contribution in [2.45, 2.75) is 6.54 Å². The molecule has 0 aliphatic rings. The number of nitrogens with zero attached hydrogens (tertiary/aromatic N) is 4. The number of aromatic nitrogens is 5. The van der Waals surface area contributed by atoms with Crippen molar-refractivity contribution in [3.8, 4) is 0 Å². The lowest BCUT2D eigenvalue weighted by Gasteiger charge is -2.04. The summed E-state index contributed by atoms with van der Waals surface area (Å²) in [6.07, 6.45) is 1.47. The number of nitrogens with one attached hydrogen (secondary N) is 1. The lowest BCUT2D eigenvalue weighted by molar-refractivity contribution is 0.693. The third-order valence-corrected chi connectivity index (χ3v) is 3.00. The van der Waals surface area contributed by atoms with Gasteiger partial charge in [0.1, 0.15) is 5.39 Å². The topological polar surface area (TPSA) is 76.5 Å². The molecule has 0 aliphatic heterocycles. The summed E-state index contributed by atoms with van der Waals surface area (Å²) in [6.45, 7) is 0.446. The Kier molecular flexibility index (Phi) is 2.56. The Balaban J connectivity index is 2.09. The van der Waals surface area contributed by atoms with Gasteiger partial charge in [0.2, 0.25) is 0 Å². The maximum absolute atomic E-state index is 11.5. The first-order valence-corrected chi connectivity index (χ1v) is 5.64. The molecule has 0 saturated heterocycles. The van der Waals surface area contributed by atoms with Gasteiger partial charge in [-0.15, -0.1) is 5.10 Å². The summed E-state index contributed by atoms with van der Waals surface area (Å²) in [5, 5.41) is 14.9. The zero-order valence-electron chi connectivity index (χ0n) is 9.17. The molecule has 1 N–H and O–H groups in total. The average molecular weight is 262 g/mol. The van der Waals surface area contributed by atoms with E-state index in [4.69, 9.17) is 11.6 Å². The van der Waals surface area contributed by atoms with E-state index in [-0.39, 0.29) is 5.56 Å². The van der Waals surface area contributed by atoms with E-state index in [1.807, 2.05) is 18.2 Å². The molecule has 3 rings (SSSR count). The lowest BCUT2D eigenvalue weighted by atomic mass is 10.2. The maximum Gasteiger partial charge on any atom is 0.278 e. The van der Waals surface area contributed by atoms with Crippen LogP contribution in [0.3, 0.4) is 0 Å². The molecule has 3 aromatic rings. The molecule has 90 valence electrons. The van der Waals surface area contributed by atoms with Gasteiger partial charge in [-0.25, -0.2) is 9.78 Å². The number of aromatic amines is 1. The van der Waals surface area contributed by atoms with Crippen molar-refractivity contribution in [3.05, 3.63) is 51.4 Å². The quantitative estimate of drug-likeness (QED) is 0.752. The third kappa shape index (κ3) is 1.76. The first kappa shape index (κ1) is 10.9. The predicted molar refractivity (Wildman–Crippen MR) is 66.5 cm³/mol. The molecule has 0 unspecified atom stereocenters. The van der Waals surface area contributed by atoms with Crippen molar-refractivity contribution >= 4 is 22.6 Å². The molecular weight excluding hydrogens is 254 g/mol. The fraction of sp³-hybridized carbons (Fsp3) is 0.0909. The van der Waals surface area contributed by atoms with Crippen LogP contribution in [-0.4, -0.2) is 25.2 Å². The lowest BCUT2D eigenvalue weighted by Crippen LogP contribution is -2.11. The molecule has 0 aliphatic carbocycles. The number of hydrogen-bond acceptors (Lipinski definition) is 4. The van der Waals surface area contributed by atoms with E-state index in [1.165, 1.54) is 6.20 Å². The summed E-state index contributed by atoms with van der Waals surface area (Å²) in [5.74, 6) is 0. The van der Waals surface area contributed by atoms with Crippen molar-refractivity contribution in [1.29, 1.82) is 0 Å². The van der Waals surface area contributed by atoms with Gasteiger partial charge in [-0.2, -0.15) is 5.10 Å². The Hall–Kier alpha value is -2.21. The van der Waals surface area contributed by atoms with Crippen molar-refractivity contribution in [1.82, 2.24) is 25.2 Å². The van der Waals surface area contributed by atoms with Gasteiger partial charge in [-0.3, -0.25) is 4.79 Å². The normalized spacial score (nSPS) is 10.9. The summed E-state index contributed by atoms with van der Waals surface area (Å²) < 4.78 is 1.60. The van der Waals surface area contributed by atoms with Crippen LogP contribution in [0, 0.1) is 0 Å². The minimum Gasteiger partial charge on any atom is -0.267 e. The summed E-state index contributed by atoms with van der Waals surface area (Å²) in [5.41, 5.74) is 1.05. The highest BCUT2D eigenvalue weighted by atomic mass is 35.5. The average Bonchev–Trinajstić information content (AvgIpc) is 2.77. The van der Waals surface area contributed by atoms with E-state index in [0.29, 0.717) is 22.6 Å². The Morgan fingerprint density at radius 3 is 3.00 bits per heavy atom. The van der Waals surface area contributed by atoms with E-state index in [2.05, 4.69) is 20.5 Å². The number of H-pyrrole nitrogens is 1. The Morgan fingerprint density at radius 2 is 2.17 bits per heavy atom.